The topological polar surface area (TPSA) is 8.17 Å². The fraction of sp³-hybridized carbons (Fsp3) is 0.0435. The molecular weight excluding hydrogens is 581 g/mol. The van der Waals surface area contributed by atoms with Crippen LogP contribution in [0.3, 0.4) is 0 Å². The van der Waals surface area contributed by atoms with E-state index in [9.17, 15) is 0 Å². The van der Waals surface area contributed by atoms with Crippen LogP contribution in [-0.2, 0) is 0 Å². The zero-order valence-electron chi connectivity index (χ0n) is 26.6. The highest BCUT2D eigenvalue weighted by Gasteiger charge is 2.28. The van der Waals surface area contributed by atoms with Crippen molar-refractivity contribution in [2.45, 2.75) is 12.3 Å². The molecule has 0 saturated carbocycles. The minimum atomic E-state index is 0.210. The van der Waals surface area contributed by atoms with Crippen molar-refractivity contribution in [1.29, 1.82) is 0 Å². The van der Waals surface area contributed by atoms with Crippen LogP contribution in [0, 0.1) is 0 Å². The summed E-state index contributed by atoms with van der Waals surface area (Å²) in [7, 11) is 0. The molecule has 2 heteroatoms. The van der Waals surface area contributed by atoms with E-state index in [-0.39, 0.29) is 5.92 Å². The normalized spacial score (nSPS) is 13.9. The van der Waals surface area contributed by atoms with Gasteiger partial charge < -0.3 is 9.47 Å². The second kappa shape index (κ2) is 11.9. The van der Waals surface area contributed by atoms with Crippen molar-refractivity contribution in [1.82, 2.24) is 4.57 Å². The summed E-state index contributed by atoms with van der Waals surface area (Å²) in [5, 5.41) is 3.93. The number of para-hydroxylation sites is 2. The lowest BCUT2D eigenvalue weighted by atomic mass is 9.82. The SMILES string of the molecule is C1=Cc2c(c3c4ccccc4ccc3n2-c2ccccc2)C(c2cccc(N(c3ccccc3)c3ccc(-c4ccccc4)cc3)c2)C1. The average molecular weight is 615 g/mol. The Morgan fingerprint density at radius 3 is 1.96 bits per heavy atom. The summed E-state index contributed by atoms with van der Waals surface area (Å²) in [6.45, 7) is 0. The number of rotatable bonds is 6. The van der Waals surface area contributed by atoms with E-state index in [1.54, 1.807) is 0 Å². The molecule has 0 saturated heterocycles. The van der Waals surface area contributed by atoms with Gasteiger partial charge in [0.15, 0.2) is 0 Å². The van der Waals surface area contributed by atoms with Gasteiger partial charge in [0, 0.05) is 34.1 Å². The molecule has 0 bridgehead atoms. The van der Waals surface area contributed by atoms with Crippen LogP contribution in [0.4, 0.5) is 17.1 Å². The molecule has 48 heavy (non-hydrogen) atoms. The van der Waals surface area contributed by atoms with Gasteiger partial charge in [0.25, 0.3) is 0 Å². The second-order valence-electron chi connectivity index (χ2n) is 12.5. The van der Waals surface area contributed by atoms with E-state index in [0.29, 0.717) is 0 Å². The Hall–Kier alpha value is -6.12. The summed E-state index contributed by atoms with van der Waals surface area (Å²) in [5.74, 6) is 0.210. The number of hydrogen-bond acceptors (Lipinski definition) is 1. The lowest BCUT2D eigenvalue weighted by Crippen LogP contribution is -2.12. The summed E-state index contributed by atoms with van der Waals surface area (Å²) in [6.07, 6.45) is 5.64. The van der Waals surface area contributed by atoms with Gasteiger partial charge in [-0.15, -0.1) is 0 Å². The third-order valence-electron chi connectivity index (χ3n) is 9.72. The van der Waals surface area contributed by atoms with Crippen molar-refractivity contribution in [3.05, 3.63) is 199 Å². The Balaban J connectivity index is 1.21. The maximum Gasteiger partial charge on any atom is 0.0544 e. The highest BCUT2D eigenvalue weighted by molar-refractivity contribution is 6.11. The van der Waals surface area contributed by atoms with Crippen molar-refractivity contribution >= 4 is 44.8 Å². The van der Waals surface area contributed by atoms with Crippen LogP contribution in [0.25, 0.3) is 44.6 Å². The largest absolute Gasteiger partial charge is 0.310 e. The Morgan fingerprint density at radius 2 is 1.17 bits per heavy atom. The second-order valence-corrected chi connectivity index (χ2v) is 12.5. The lowest BCUT2D eigenvalue weighted by Gasteiger charge is -2.28. The molecule has 0 amide bonds. The van der Waals surface area contributed by atoms with Crippen LogP contribution in [0.1, 0.15) is 29.2 Å². The van der Waals surface area contributed by atoms with Crippen LogP contribution in [0.5, 0.6) is 0 Å². The molecular formula is C46H34N2. The predicted molar refractivity (Wildman–Crippen MR) is 203 cm³/mol. The standard InChI is InChI=1S/C46H34N2/c1-4-14-33(15-5-1)34-26-29-39(30-27-34)47(37-18-6-2-7-19-37)40-22-12-17-36(32-40)42-24-13-25-43-46(42)45-41-23-11-10-16-35(41)28-31-44(45)48(43)38-20-8-3-9-21-38/h1-23,25-32,42H,24H2. The molecule has 1 aromatic heterocycles. The quantitative estimate of drug-likeness (QED) is 0.181. The van der Waals surface area contributed by atoms with E-state index in [0.717, 1.165) is 23.5 Å². The van der Waals surface area contributed by atoms with Gasteiger partial charge in [-0.1, -0.05) is 127 Å². The predicted octanol–water partition coefficient (Wildman–Crippen LogP) is 12.5. The van der Waals surface area contributed by atoms with Gasteiger partial charge in [0.1, 0.15) is 0 Å². The van der Waals surface area contributed by atoms with Crippen molar-refractivity contribution in [2.75, 3.05) is 4.90 Å². The Morgan fingerprint density at radius 1 is 0.521 bits per heavy atom. The average Bonchev–Trinajstić information content (AvgIpc) is 3.52. The zero-order valence-corrected chi connectivity index (χ0v) is 26.6. The third-order valence-corrected chi connectivity index (χ3v) is 9.72. The number of nitrogens with zero attached hydrogens (tertiary/aromatic N) is 2. The number of hydrogen-bond donors (Lipinski definition) is 0. The van der Waals surface area contributed by atoms with E-state index < -0.39 is 0 Å². The number of fused-ring (bicyclic) bond motifs is 5. The number of allylic oxidation sites excluding steroid dienone is 1. The maximum absolute atomic E-state index is 2.45. The smallest absolute Gasteiger partial charge is 0.0544 e. The lowest BCUT2D eigenvalue weighted by molar-refractivity contribution is 0.819. The highest BCUT2D eigenvalue weighted by atomic mass is 15.1. The molecule has 1 unspecified atom stereocenters. The summed E-state index contributed by atoms with van der Waals surface area (Å²) in [4.78, 5) is 2.38. The van der Waals surface area contributed by atoms with Gasteiger partial charge in [-0.25, -0.2) is 0 Å². The molecule has 1 heterocycles. The van der Waals surface area contributed by atoms with Crippen LogP contribution < -0.4 is 4.90 Å². The highest BCUT2D eigenvalue weighted by Crippen LogP contribution is 2.46. The van der Waals surface area contributed by atoms with Gasteiger partial charge in [-0.3, -0.25) is 0 Å². The molecule has 0 radical (unpaired) electrons. The van der Waals surface area contributed by atoms with Gasteiger partial charge >= 0.3 is 0 Å². The molecule has 8 aromatic rings. The summed E-state index contributed by atoms with van der Waals surface area (Å²) in [5.41, 5.74) is 12.3. The summed E-state index contributed by atoms with van der Waals surface area (Å²) >= 11 is 0. The minimum absolute atomic E-state index is 0.210. The van der Waals surface area contributed by atoms with Crippen molar-refractivity contribution in [2.24, 2.45) is 0 Å². The van der Waals surface area contributed by atoms with Crippen LogP contribution in [0.15, 0.2) is 182 Å². The maximum atomic E-state index is 2.45. The molecule has 0 spiro atoms. The number of anilines is 3. The van der Waals surface area contributed by atoms with Gasteiger partial charge in [-0.05, 0) is 100 Å². The van der Waals surface area contributed by atoms with E-state index in [1.807, 2.05) is 0 Å². The molecule has 0 fully saturated rings. The zero-order chi connectivity index (χ0) is 31.9. The van der Waals surface area contributed by atoms with Crippen LogP contribution in [0.2, 0.25) is 0 Å². The first-order chi connectivity index (χ1) is 23.8. The van der Waals surface area contributed by atoms with Crippen molar-refractivity contribution in [3.63, 3.8) is 0 Å². The molecule has 1 aliphatic carbocycles. The number of benzene rings is 7. The minimum Gasteiger partial charge on any atom is -0.310 e. The van der Waals surface area contributed by atoms with E-state index in [1.165, 1.54) is 55.3 Å². The monoisotopic (exact) mass is 614 g/mol. The van der Waals surface area contributed by atoms with Crippen molar-refractivity contribution < 1.29 is 0 Å². The van der Waals surface area contributed by atoms with E-state index >= 15 is 0 Å². The summed E-state index contributed by atoms with van der Waals surface area (Å²) < 4.78 is 2.45. The fourth-order valence-corrected chi connectivity index (χ4v) is 7.55. The van der Waals surface area contributed by atoms with Crippen LogP contribution >= 0.6 is 0 Å². The molecule has 0 N–H and O–H groups in total. The van der Waals surface area contributed by atoms with Gasteiger partial charge in [0.05, 0.1) is 11.2 Å². The Bertz CT molecular complexity index is 2400. The van der Waals surface area contributed by atoms with Gasteiger partial charge in [-0.2, -0.15) is 0 Å². The molecule has 1 atom stereocenters. The fourth-order valence-electron chi connectivity index (χ4n) is 7.55. The third kappa shape index (κ3) is 4.82. The van der Waals surface area contributed by atoms with Crippen LogP contribution in [-0.4, -0.2) is 4.57 Å². The molecule has 7 aromatic carbocycles. The van der Waals surface area contributed by atoms with E-state index in [2.05, 4.69) is 198 Å². The van der Waals surface area contributed by atoms with Crippen molar-refractivity contribution in [3.8, 4) is 16.8 Å². The molecule has 228 valence electrons. The molecule has 9 rings (SSSR count). The van der Waals surface area contributed by atoms with E-state index in [4.69, 9.17) is 0 Å². The molecule has 1 aliphatic rings. The molecule has 2 nitrogen and oxygen atoms in total. The Labute approximate surface area is 281 Å². The Kier molecular flexibility index (Phi) is 6.98. The first-order valence-corrected chi connectivity index (χ1v) is 16.7. The van der Waals surface area contributed by atoms with Gasteiger partial charge in [0.2, 0.25) is 0 Å². The summed E-state index contributed by atoms with van der Waals surface area (Å²) in [6, 6.07) is 63.6. The first-order valence-electron chi connectivity index (χ1n) is 16.7. The first kappa shape index (κ1) is 28.1. The number of aromatic nitrogens is 1. The molecule has 0 aliphatic heterocycles.